The number of halogens is 2. The Hall–Kier alpha value is -0.580. The number of nitrogens with zero attached hydrogens (tertiary/aromatic N) is 2. The zero-order valence-electron chi connectivity index (χ0n) is 9.78. The van der Waals surface area contributed by atoms with Crippen molar-refractivity contribution >= 4 is 24.0 Å². The molecule has 6 heteroatoms. The summed E-state index contributed by atoms with van der Waals surface area (Å²) in [7, 11) is 0. The van der Waals surface area contributed by atoms with Crippen LogP contribution in [0.2, 0.25) is 5.15 Å². The quantitative estimate of drug-likeness (QED) is 0.861. The molecule has 0 aliphatic carbocycles. The van der Waals surface area contributed by atoms with Crippen molar-refractivity contribution in [3.8, 4) is 6.01 Å². The predicted molar refractivity (Wildman–Crippen MR) is 70.1 cm³/mol. The van der Waals surface area contributed by atoms with Gasteiger partial charge in [0.05, 0.1) is 6.61 Å². The van der Waals surface area contributed by atoms with Crippen LogP contribution in [0.3, 0.4) is 0 Å². The number of aromatic nitrogens is 2. The third-order valence-electron chi connectivity index (χ3n) is 2.79. The van der Waals surface area contributed by atoms with Gasteiger partial charge in [-0.2, -0.15) is 4.98 Å². The van der Waals surface area contributed by atoms with E-state index in [0.717, 1.165) is 31.5 Å². The SMILES string of the molecule is Cc1cnc(OCC2CCNCC2)nc1Cl.Cl. The summed E-state index contributed by atoms with van der Waals surface area (Å²) in [5.74, 6) is 0.602. The maximum atomic E-state index is 5.89. The van der Waals surface area contributed by atoms with Crippen LogP contribution in [-0.4, -0.2) is 29.7 Å². The molecule has 0 aromatic carbocycles. The lowest BCUT2D eigenvalue weighted by molar-refractivity contribution is 0.202. The van der Waals surface area contributed by atoms with Crippen molar-refractivity contribution in [2.75, 3.05) is 19.7 Å². The maximum Gasteiger partial charge on any atom is 0.317 e. The van der Waals surface area contributed by atoms with E-state index in [-0.39, 0.29) is 12.4 Å². The van der Waals surface area contributed by atoms with Crippen LogP contribution in [0.1, 0.15) is 18.4 Å². The summed E-state index contributed by atoms with van der Waals surface area (Å²) in [6.45, 7) is 4.70. The van der Waals surface area contributed by atoms with Gasteiger partial charge < -0.3 is 10.1 Å². The molecule has 0 unspecified atom stereocenters. The molecular formula is C11H17Cl2N3O. The average Bonchev–Trinajstić information content (AvgIpc) is 2.32. The van der Waals surface area contributed by atoms with Gasteiger partial charge in [0, 0.05) is 11.8 Å². The highest BCUT2D eigenvalue weighted by Crippen LogP contribution is 2.16. The van der Waals surface area contributed by atoms with Crippen LogP contribution >= 0.6 is 24.0 Å². The molecule has 0 atom stereocenters. The highest BCUT2D eigenvalue weighted by molar-refractivity contribution is 6.30. The number of rotatable bonds is 3. The summed E-state index contributed by atoms with van der Waals surface area (Å²) in [5.41, 5.74) is 0.871. The molecule has 1 aliphatic rings. The number of piperidine rings is 1. The van der Waals surface area contributed by atoms with Gasteiger partial charge in [0.1, 0.15) is 5.15 Å². The second-order valence-electron chi connectivity index (χ2n) is 4.13. The van der Waals surface area contributed by atoms with E-state index in [2.05, 4.69) is 15.3 Å². The van der Waals surface area contributed by atoms with E-state index >= 15 is 0 Å². The maximum absolute atomic E-state index is 5.89. The third-order valence-corrected chi connectivity index (χ3v) is 3.18. The normalized spacial score (nSPS) is 16.4. The molecule has 1 aromatic heterocycles. The van der Waals surface area contributed by atoms with Crippen molar-refractivity contribution in [2.24, 2.45) is 5.92 Å². The predicted octanol–water partition coefficient (Wildman–Crippen LogP) is 2.24. The van der Waals surface area contributed by atoms with Gasteiger partial charge in [-0.3, -0.25) is 0 Å². The molecule has 17 heavy (non-hydrogen) atoms. The van der Waals surface area contributed by atoms with Gasteiger partial charge in [-0.05, 0) is 38.8 Å². The van der Waals surface area contributed by atoms with Crippen molar-refractivity contribution in [3.05, 3.63) is 16.9 Å². The van der Waals surface area contributed by atoms with Crippen molar-refractivity contribution in [1.29, 1.82) is 0 Å². The highest BCUT2D eigenvalue weighted by atomic mass is 35.5. The lowest BCUT2D eigenvalue weighted by atomic mass is 9.99. The second kappa shape index (κ2) is 6.99. The molecule has 96 valence electrons. The fourth-order valence-electron chi connectivity index (χ4n) is 1.72. The number of aryl methyl sites for hydroxylation is 1. The molecule has 1 N–H and O–H groups in total. The first-order chi connectivity index (χ1) is 7.75. The van der Waals surface area contributed by atoms with E-state index in [4.69, 9.17) is 16.3 Å². The van der Waals surface area contributed by atoms with Crippen LogP contribution in [0.15, 0.2) is 6.20 Å². The lowest BCUT2D eigenvalue weighted by Gasteiger charge is -2.22. The van der Waals surface area contributed by atoms with E-state index in [1.165, 1.54) is 0 Å². The molecule has 0 bridgehead atoms. The summed E-state index contributed by atoms with van der Waals surface area (Å²) >= 11 is 5.89. The lowest BCUT2D eigenvalue weighted by Crippen LogP contribution is -2.30. The Morgan fingerprint density at radius 1 is 1.47 bits per heavy atom. The van der Waals surface area contributed by atoms with Crippen LogP contribution in [0.5, 0.6) is 6.01 Å². The molecule has 1 aliphatic heterocycles. The number of nitrogens with one attached hydrogen (secondary N) is 1. The minimum absolute atomic E-state index is 0. The number of ether oxygens (including phenoxy) is 1. The van der Waals surface area contributed by atoms with Crippen LogP contribution in [-0.2, 0) is 0 Å². The topological polar surface area (TPSA) is 47.0 Å². The number of hydrogen-bond acceptors (Lipinski definition) is 4. The standard InChI is InChI=1S/C11H16ClN3O.ClH/c1-8-6-14-11(15-10(8)12)16-7-9-2-4-13-5-3-9;/h6,9,13H,2-5,7H2,1H3;1H. The fourth-order valence-corrected chi connectivity index (χ4v) is 1.84. The summed E-state index contributed by atoms with van der Waals surface area (Å²) in [4.78, 5) is 8.16. The summed E-state index contributed by atoms with van der Waals surface area (Å²) in [5, 5.41) is 3.79. The van der Waals surface area contributed by atoms with Gasteiger partial charge in [0.25, 0.3) is 0 Å². The summed E-state index contributed by atoms with van der Waals surface area (Å²) in [6.07, 6.45) is 3.99. The monoisotopic (exact) mass is 277 g/mol. The Balaban J connectivity index is 0.00000144. The first-order valence-electron chi connectivity index (χ1n) is 5.58. The first-order valence-corrected chi connectivity index (χ1v) is 5.96. The molecule has 0 spiro atoms. The van der Waals surface area contributed by atoms with Gasteiger partial charge in [-0.1, -0.05) is 11.6 Å². The van der Waals surface area contributed by atoms with Crippen LogP contribution in [0.4, 0.5) is 0 Å². The van der Waals surface area contributed by atoms with Crippen molar-refractivity contribution in [3.63, 3.8) is 0 Å². The Morgan fingerprint density at radius 3 is 2.82 bits per heavy atom. The molecule has 2 heterocycles. The Labute approximate surface area is 113 Å². The third kappa shape index (κ3) is 4.30. The number of hydrogen-bond donors (Lipinski definition) is 1. The fraction of sp³-hybridized carbons (Fsp3) is 0.636. The van der Waals surface area contributed by atoms with Gasteiger partial charge in [-0.25, -0.2) is 4.98 Å². The molecule has 1 aromatic rings. The molecule has 1 fully saturated rings. The van der Waals surface area contributed by atoms with Crippen LogP contribution in [0.25, 0.3) is 0 Å². The van der Waals surface area contributed by atoms with E-state index in [0.29, 0.717) is 23.7 Å². The van der Waals surface area contributed by atoms with Crippen LogP contribution in [0, 0.1) is 12.8 Å². The Morgan fingerprint density at radius 2 is 2.18 bits per heavy atom. The average molecular weight is 278 g/mol. The largest absolute Gasteiger partial charge is 0.463 e. The summed E-state index contributed by atoms with van der Waals surface area (Å²) in [6, 6.07) is 0.383. The molecule has 0 amide bonds. The molecule has 4 nitrogen and oxygen atoms in total. The van der Waals surface area contributed by atoms with Crippen molar-refractivity contribution in [2.45, 2.75) is 19.8 Å². The van der Waals surface area contributed by atoms with Crippen molar-refractivity contribution < 1.29 is 4.74 Å². The van der Waals surface area contributed by atoms with E-state index in [1.807, 2.05) is 6.92 Å². The van der Waals surface area contributed by atoms with Gasteiger partial charge in [0.15, 0.2) is 0 Å². The van der Waals surface area contributed by atoms with Crippen LogP contribution < -0.4 is 10.1 Å². The Kier molecular flexibility index (Phi) is 5.95. The van der Waals surface area contributed by atoms with Gasteiger partial charge >= 0.3 is 6.01 Å². The van der Waals surface area contributed by atoms with E-state index in [9.17, 15) is 0 Å². The summed E-state index contributed by atoms with van der Waals surface area (Å²) < 4.78 is 5.55. The Bertz CT molecular complexity index is 357. The van der Waals surface area contributed by atoms with Gasteiger partial charge in [0.2, 0.25) is 0 Å². The molecular weight excluding hydrogens is 261 g/mol. The first kappa shape index (κ1) is 14.5. The van der Waals surface area contributed by atoms with E-state index in [1.54, 1.807) is 6.20 Å². The second-order valence-corrected chi connectivity index (χ2v) is 4.49. The van der Waals surface area contributed by atoms with Gasteiger partial charge in [-0.15, -0.1) is 12.4 Å². The smallest absolute Gasteiger partial charge is 0.317 e. The zero-order valence-corrected chi connectivity index (χ0v) is 11.4. The minimum atomic E-state index is 0. The molecule has 0 saturated carbocycles. The van der Waals surface area contributed by atoms with E-state index < -0.39 is 0 Å². The zero-order chi connectivity index (χ0) is 11.4. The molecule has 0 radical (unpaired) electrons. The minimum Gasteiger partial charge on any atom is -0.463 e. The molecule has 2 rings (SSSR count). The molecule has 1 saturated heterocycles. The van der Waals surface area contributed by atoms with Crippen molar-refractivity contribution in [1.82, 2.24) is 15.3 Å². The highest BCUT2D eigenvalue weighted by Gasteiger charge is 2.14.